The molecule has 1 amide bonds. The van der Waals surface area contributed by atoms with Crippen molar-refractivity contribution in [3.8, 4) is 16.9 Å². The van der Waals surface area contributed by atoms with E-state index in [0.29, 0.717) is 10.8 Å². The number of carbonyl (C=O) groups is 2. The largest absolute Gasteiger partial charge is 0.507 e. The molecule has 9 heteroatoms. The summed E-state index contributed by atoms with van der Waals surface area (Å²) in [5.41, 5.74) is 3.40. The van der Waals surface area contributed by atoms with Crippen LogP contribution in [0.3, 0.4) is 0 Å². The molecule has 0 bridgehead atoms. The highest BCUT2D eigenvalue weighted by atomic mass is 32.2. The lowest BCUT2D eigenvalue weighted by Crippen LogP contribution is -2.29. The topological polar surface area (TPSA) is 117 Å². The number of rotatable bonds is 7. The van der Waals surface area contributed by atoms with Crippen LogP contribution in [0.2, 0.25) is 0 Å². The van der Waals surface area contributed by atoms with E-state index in [1.807, 2.05) is 30.3 Å². The molecule has 31 heavy (non-hydrogen) atoms. The molecule has 2 aromatic heterocycles. The van der Waals surface area contributed by atoms with Gasteiger partial charge in [0.25, 0.3) is 5.91 Å². The van der Waals surface area contributed by atoms with Crippen molar-refractivity contribution >= 4 is 29.3 Å². The van der Waals surface area contributed by atoms with Crippen molar-refractivity contribution in [2.75, 3.05) is 6.54 Å². The molecule has 0 aliphatic heterocycles. The number of benzene rings is 2. The van der Waals surface area contributed by atoms with Crippen LogP contribution < -0.4 is 5.32 Å². The van der Waals surface area contributed by atoms with Crippen molar-refractivity contribution in [2.45, 2.75) is 10.8 Å². The zero-order valence-electron chi connectivity index (χ0n) is 16.2. The fourth-order valence-electron chi connectivity index (χ4n) is 3.08. The fourth-order valence-corrected chi connectivity index (χ4v) is 4.04. The van der Waals surface area contributed by atoms with Gasteiger partial charge in [0, 0.05) is 11.8 Å². The first-order valence-electron chi connectivity index (χ1n) is 9.36. The number of hydrogen-bond donors (Lipinski definition) is 3. The first-order chi connectivity index (χ1) is 15.0. The Morgan fingerprint density at radius 1 is 1.03 bits per heavy atom. The Kier molecular flexibility index (Phi) is 5.85. The van der Waals surface area contributed by atoms with Crippen LogP contribution in [-0.4, -0.2) is 43.2 Å². The summed E-state index contributed by atoms with van der Waals surface area (Å²) in [4.78, 5) is 27.1. The van der Waals surface area contributed by atoms with Gasteiger partial charge in [0.1, 0.15) is 29.2 Å². The second-order valence-corrected chi connectivity index (χ2v) is 7.66. The maximum absolute atomic E-state index is 12.3. The standard InChI is InChI=1S/C22H18N4O4S/c27-17-10-18(26-21(24-13-25-26)20(17)22(30)23-11-19(28)29)31-12-14-6-8-16(9-7-14)15-4-2-1-3-5-15/h1-10,13,27H,11-12H2,(H,23,30)(H,28,29). The van der Waals surface area contributed by atoms with Crippen LogP contribution in [-0.2, 0) is 10.5 Å². The van der Waals surface area contributed by atoms with E-state index in [0.717, 1.165) is 16.7 Å². The van der Waals surface area contributed by atoms with Crippen LogP contribution in [0, 0.1) is 0 Å². The summed E-state index contributed by atoms with van der Waals surface area (Å²) in [6, 6.07) is 19.7. The Morgan fingerprint density at radius 3 is 2.45 bits per heavy atom. The predicted molar refractivity (Wildman–Crippen MR) is 116 cm³/mol. The van der Waals surface area contributed by atoms with E-state index in [4.69, 9.17) is 5.11 Å². The van der Waals surface area contributed by atoms with Gasteiger partial charge < -0.3 is 15.5 Å². The highest BCUT2D eigenvalue weighted by Gasteiger charge is 2.21. The van der Waals surface area contributed by atoms with Gasteiger partial charge in [0.2, 0.25) is 0 Å². The summed E-state index contributed by atoms with van der Waals surface area (Å²) in [5.74, 6) is -1.58. The molecule has 0 fully saturated rings. The molecule has 0 aliphatic rings. The minimum absolute atomic E-state index is 0.115. The van der Waals surface area contributed by atoms with E-state index in [9.17, 15) is 14.7 Å². The van der Waals surface area contributed by atoms with E-state index in [2.05, 4.69) is 39.7 Å². The Hall–Kier alpha value is -3.85. The molecule has 2 aromatic carbocycles. The Balaban J connectivity index is 1.53. The maximum atomic E-state index is 12.3. The van der Waals surface area contributed by atoms with Crippen molar-refractivity contribution in [1.82, 2.24) is 19.9 Å². The Morgan fingerprint density at radius 2 is 1.74 bits per heavy atom. The number of aromatic hydroxyl groups is 1. The van der Waals surface area contributed by atoms with Gasteiger partial charge in [-0.2, -0.15) is 5.10 Å². The maximum Gasteiger partial charge on any atom is 0.322 e. The summed E-state index contributed by atoms with van der Waals surface area (Å²) in [7, 11) is 0. The quantitative estimate of drug-likeness (QED) is 0.382. The number of nitrogens with zero attached hydrogens (tertiary/aromatic N) is 3. The van der Waals surface area contributed by atoms with Crippen LogP contribution in [0.4, 0.5) is 0 Å². The number of thioether (sulfide) groups is 1. The monoisotopic (exact) mass is 434 g/mol. The Labute approximate surface area is 181 Å². The molecule has 0 saturated carbocycles. The van der Waals surface area contributed by atoms with Gasteiger partial charge in [-0.25, -0.2) is 9.50 Å². The highest BCUT2D eigenvalue weighted by molar-refractivity contribution is 7.98. The number of pyridine rings is 1. The number of carbonyl (C=O) groups excluding carboxylic acids is 1. The van der Waals surface area contributed by atoms with Gasteiger partial charge in [-0.15, -0.1) is 11.8 Å². The van der Waals surface area contributed by atoms with E-state index < -0.39 is 18.4 Å². The molecule has 0 saturated heterocycles. The number of carboxylic acids is 1. The Bertz CT molecular complexity index is 1240. The smallest absolute Gasteiger partial charge is 0.322 e. The molecule has 156 valence electrons. The second kappa shape index (κ2) is 8.88. The molecule has 0 unspecified atom stereocenters. The van der Waals surface area contributed by atoms with Crippen molar-refractivity contribution in [2.24, 2.45) is 0 Å². The molecule has 0 atom stereocenters. The van der Waals surface area contributed by atoms with Crippen LogP contribution in [0.5, 0.6) is 5.75 Å². The van der Waals surface area contributed by atoms with Crippen LogP contribution in [0.25, 0.3) is 16.8 Å². The van der Waals surface area contributed by atoms with E-state index in [1.54, 1.807) is 0 Å². The average Bonchev–Trinajstić information content (AvgIpc) is 3.26. The number of carboxylic acid groups (broad SMARTS) is 1. The molecule has 0 aliphatic carbocycles. The SMILES string of the molecule is O=C(O)CNC(=O)c1c(O)cc(SCc2ccc(-c3ccccc3)cc2)n2ncnc12. The first kappa shape index (κ1) is 20.4. The molecular weight excluding hydrogens is 416 g/mol. The van der Waals surface area contributed by atoms with E-state index in [1.165, 1.54) is 28.7 Å². The summed E-state index contributed by atoms with van der Waals surface area (Å²) in [6.45, 7) is -0.561. The van der Waals surface area contributed by atoms with Gasteiger partial charge in [0.05, 0.1) is 0 Å². The zero-order chi connectivity index (χ0) is 21.8. The van der Waals surface area contributed by atoms with Crippen LogP contribution in [0.1, 0.15) is 15.9 Å². The normalized spacial score (nSPS) is 10.8. The van der Waals surface area contributed by atoms with E-state index in [-0.39, 0.29) is 17.0 Å². The van der Waals surface area contributed by atoms with Crippen molar-refractivity contribution in [3.05, 3.63) is 78.1 Å². The molecule has 4 rings (SSSR count). The van der Waals surface area contributed by atoms with Gasteiger partial charge in [-0.3, -0.25) is 9.59 Å². The number of aliphatic carboxylic acids is 1. The third-order valence-electron chi connectivity index (χ3n) is 4.57. The third-order valence-corrected chi connectivity index (χ3v) is 5.64. The zero-order valence-corrected chi connectivity index (χ0v) is 17.0. The van der Waals surface area contributed by atoms with Gasteiger partial charge >= 0.3 is 5.97 Å². The molecule has 3 N–H and O–H groups in total. The van der Waals surface area contributed by atoms with Gasteiger partial charge in [-0.1, -0.05) is 54.6 Å². The molecule has 4 aromatic rings. The minimum atomic E-state index is -1.18. The lowest BCUT2D eigenvalue weighted by Gasteiger charge is -2.10. The molecule has 0 radical (unpaired) electrons. The molecule has 8 nitrogen and oxygen atoms in total. The number of amides is 1. The first-order valence-corrected chi connectivity index (χ1v) is 10.3. The molecule has 2 heterocycles. The average molecular weight is 434 g/mol. The summed E-state index contributed by atoms with van der Waals surface area (Å²) < 4.78 is 1.46. The number of aromatic nitrogens is 3. The molecule has 0 spiro atoms. The number of fused-ring (bicyclic) bond motifs is 1. The van der Waals surface area contributed by atoms with Crippen molar-refractivity contribution in [3.63, 3.8) is 0 Å². The highest BCUT2D eigenvalue weighted by Crippen LogP contribution is 2.31. The van der Waals surface area contributed by atoms with Crippen molar-refractivity contribution in [1.29, 1.82) is 0 Å². The number of hydrogen-bond acceptors (Lipinski definition) is 6. The van der Waals surface area contributed by atoms with E-state index >= 15 is 0 Å². The van der Waals surface area contributed by atoms with Crippen molar-refractivity contribution < 1.29 is 19.8 Å². The lowest BCUT2D eigenvalue weighted by atomic mass is 10.0. The summed E-state index contributed by atoms with van der Waals surface area (Å²) in [6.07, 6.45) is 1.28. The summed E-state index contributed by atoms with van der Waals surface area (Å²) in [5, 5.41) is 26.1. The van der Waals surface area contributed by atoms with Gasteiger partial charge in [0.15, 0.2) is 5.65 Å². The summed E-state index contributed by atoms with van der Waals surface area (Å²) >= 11 is 1.44. The fraction of sp³-hybridized carbons (Fsp3) is 0.0909. The lowest BCUT2D eigenvalue weighted by molar-refractivity contribution is -0.135. The third kappa shape index (κ3) is 4.51. The van der Waals surface area contributed by atoms with Crippen LogP contribution >= 0.6 is 11.8 Å². The number of nitrogens with one attached hydrogen (secondary N) is 1. The van der Waals surface area contributed by atoms with Gasteiger partial charge in [-0.05, 0) is 16.7 Å². The molecular formula is C22H18N4O4S. The minimum Gasteiger partial charge on any atom is -0.507 e. The van der Waals surface area contributed by atoms with Crippen LogP contribution in [0.15, 0.2) is 72.0 Å². The second-order valence-electron chi connectivity index (χ2n) is 6.67. The predicted octanol–water partition coefficient (Wildman–Crippen LogP) is 3.21.